The van der Waals surface area contributed by atoms with E-state index in [0.717, 1.165) is 0 Å². The quantitative estimate of drug-likeness (QED) is 0.527. The number of ketones is 3. The molecule has 0 aliphatic rings. The fourth-order valence-corrected chi connectivity index (χ4v) is 0.882. The van der Waals surface area contributed by atoms with E-state index in [-0.39, 0.29) is 51.4 Å². The third kappa shape index (κ3) is 51.8. The van der Waals surface area contributed by atoms with Crippen molar-refractivity contribution in [1.82, 2.24) is 0 Å². The number of rotatable bonds is 3. The Balaban J connectivity index is -0.000000108. The molecule has 7 heteroatoms. The van der Waals surface area contributed by atoms with Gasteiger partial charge >= 0.3 is 0 Å². The van der Waals surface area contributed by atoms with Crippen LogP contribution in [0.25, 0.3) is 0 Å². The number of hydrogen-bond donors (Lipinski definition) is 3. The Morgan fingerprint density at radius 3 is 0.682 bits per heavy atom. The summed E-state index contributed by atoms with van der Waals surface area (Å²) in [5.41, 5.74) is 0. The van der Waals surface area contributed by atoms with Crippen molar-refractivity contribution >= 4 is 17.3 Å². The van der Waals surface area contributed by atoms with Crippen LogP contribution in [0, 0.1) is 0 Å². The van der Waals surface area contributed by atoms with E-state index in [1.54, 1.807) is 0 Å². The van der Waals surface area contributed by atoms with Crippen molar-refractivity contribution in [3.8, 4) is 0 Å². The second kappa shape index (κ2) is 17.2. The topological polar surface area (TPSA) is 112 Å². The van der Waals surface area contributed by atoms with E-state index >= 15 is 0 Å². The second-order valence-corrected chi connectivity index (χ2v) is 4.19. The molecule has 0 aromatic heterocycles. The average molecular weight is 359 g/mol. The summed E-state index contributed by atoms with van der Waals surface area (Å²) in [5, 5.41) is 25.1. The molecule has 22 heavy (non-hydrogen) atoms. The summed E-state index contributed by atoms with van der Waals surface area (Å²) in [7, 11) is 0. The summed E-state index contributed by atoms with van der Waals surface area (Å²) < 4.78 is 0. The minimum atomic E-state index is -0.125. The molecule has 6 nitrogen and oxygen atoms in total. The molecule has 0 aliphatic heterocycles. The van der Waals surface area contributed by atoms with Crippen LogP contribution in [0.2, 0.25) is 0 Å². The number of hydrogen-bond acceptors (Lipinski definition) is 6. The van der Waals surface area contributed by atoms with Crippen molar-refractivity contribution in [2.24, 2.45) is 0 Å². The monoisotopic (exact) mass is 359 g/mol. The molecule has 0 rings (SSSR count). The number of carbonyl (C=O) groups is 3. The fourth-order valence-electron chi connectivity index (χ4n) is 0.882. The molecule has 0 aliphatic carbocycles. The molecule has 0 amide bonds. The van der Waals surface area contributed by atoms with E-state index in [0.29, 0.717) is 0 Å². The van der Waals surface area contributed by atoms with E-state index in [2.05, 4.69) is 0 Å². The first kappa shape index (κ1) is 28.3. The van der Waals surface area contributed by atoms with Gasteiger partial charge < -0.3 is 15.3 Å². The molecule has 0 aromatic rings. The largest absolute Gasteiger partial charge is 0.512 e. The second-order valence-electron chi connectivity index (χ2n) is 4.19. The summed E-state index contributed by atoms with van der Waals surface area (Å²) in [6.45, 7) is 8.54. The van der Waals surface area contributed by atoms with Gasteiger partial charge in [-0.15, -0.1) is 0 Å². The number of aliphatic hydroxyl groups excluding tert-OH is 3. The van der Waals surface area contributed by atoms with E-state index in [9.17, 15) is 14.4 Å². The van der Waals surface area contributed by atoms with Crippen LogP contribution in [-0.2, 0) is 31.2 Å². The Morgan fingerprint density at radius 1 is 0.545 bits per heavy atom. The Kier molecular flexibility index (Phi) is 22.1. The summed E-state index contributed by atoms with van der Waals surface area (Å²) >= 11 is 0. The maximum atomic E-state index is 10.0. The molecule has 0 aromatic carbocycles. The molecule has 129 valence electrons. The van der Waals surface area contributed by atoms with Crippen molar-refractivity contribution in [2.75, 3.05) is 0 Å². The first-order valence-corrected chi connectivity index (χ1v) is 6.02. The molecular weight excluding hydrogens is 335 g/mol. The van der Waals surface area contributed by atoms with Gasteiger partial charge in [0.1, 0.15) is 0 Å². The fraction of sp³-hybridized carbons (Fsp3) is 0.400. The molecule has 0 saturated heterocycles. The smallest absolute Gasteiger partial charge is 0.155 e. The Morgan fingerprint density at radius 2 is 0.682 bits per heavy atom. The average Bonchev–Trinajstić information content (AvgIpc) is 2.10. The Bertz CT molecular complexity index is 368. The van der Waals surface area contributed by atoms with Gasteiger partial charge in [-0.3, -0.25) is 14.4 Å². The van der Waals surface area contributed by atoms with E-state index in [1.807, 2.05) is 0 Å². The van der Waals surface area contributed by atoms with Gasteiger partial charge in [-0.05, 0) is 41.5 Å². The van der Waals surface area contributed by atoms with Gasteiger partial charge in [0, 0.05) is 35.0 Å². The molecule has 0 saturated carbocycles. The molecule has 0 fully saturated rings. The number of allylic oxidation sites excluding steroid dienone is 6. The Hall–Kier alpha value is -1.86. The van der Waals surface area contributed by atoms with Crippen LogP contribution in [0.1, 0.15) is 41.5 Å². The predicted octanol–water partition coefficient (Wildman–Crippen LogP) is 3.11. The molecule has 0 heterocycles. The molecule has 0 spiro atoms. The normalized spacial score (nSPS) is 10.9. The molecular formula is C15H24CoO6. The van der Waals surface area contributed by atoms with E-state index in [4.69, 9.17) is 15.3 Å². The van der Waals surface area contributed by atoms with Gasteiger partial charge in [-0.1, -0.05) is 0 Å². The van der Waals surface area contributed by atoms with Crippen molar-refractivity contribution in [1.29, 1.82) is 0 Å². The minimum absolute atomic E-state index is 0. The van der Waals surface area contributed by atoms with Gasteiger partial charge in [0.2, 0.25) is 0 Å². The SMILES string of the molecule is CC(=O)/C=C(/C)O.CC(=O)/C=C(/C)O.CC(=O)/C=C(/C)O.[Co]. The van der Waals surface area contributed by atoms with E-state index in [1.165, 1.54) is 59.8 Å². The van der Waals surface area contributed by atoms with Crippen molar-refractivity contribution < 1.29 is 46.5 Å². The van der Waals surface area contributed by atoms with Crippen LogP contribution in [0.5, 0.6) is 0 Å². The van der Waals surface area contributed by atoms with Gasteiger partial charge in [0.15, 0.2) is 17.3 Å². The standard InChI is InChI=1S/3C5H8O2.Co/c3*1-4(6)3-5(2)7;/h3*3,6H,1-2H3;/b3*4-3-;. The molecule has 0 unspecified atom stereocenters. The Labute approximate surface area is 141 Å². The molecule has 0 bridgehead atoms. The van der Waals surface area contributed by atoms with Gasteiger partial charge in [0.05, 0.1) is 17.3 Å². The van der Waals surface area contributed by atoms with Crippen LogP contribution in [0.4, 0.5) is 0 Å². The van der Waals surface area contributed by atoms with Crippen LogP contribution in [0.3, 0.4) is 0 Å². The van der Waals surface area contributed by atoms with Crippen molar-refractivity contribution in [2.45, 2.75) is 41.5 Å². The van der Waals surface area contributed by atoms with Crippen molar-refractivity contribution in [3.63, 3.8) is 0 Å². The molecule has 3 N–H and O–H groups in total. The van der Waals surface area contributed by atoms with Crippen LogP contribution in [0.15, 0.2) is 35.5 Å². The van der Waals surface area contributed by atoms with Crippen molar-refractivity contribution in [3.05, 3.63) is 35.5 Å². The zero-order chi connectivity index (χ0) is 17.6. The molecule has 1 radical (unpaired) electrons. The maximum Gasteiger partial charge on any atom is 0.155 e. The minimum Gasteiger partial charge on any atom is -0.512 e. The maximum absolute atomic E-state index is 10.0. The first-order chi connectivity index (χ1) is 9.38. The zero-order valence-corrected chi connectivity index (χ0v) is 14.7. The number of carbonyl (C=O) groups excluding carboxylic acids is 3. The summed E-state index contributed by atoms with van der Waals surface area (Å²) in [5.74, 6) is -0.187. The third-order valence-electron chi connectivity index (χ3n) is 1.24. The molecule has 0 atom stereocenters. The summed E-state index contributed by atoms with van der Waals surface area (Å²) in [4.78, 5) is 30.1. The van der Waals surface area contributed by atoms with Gasteiger partial charge in [0.25, 0.3) is 0 Å². The summed E-state index contributed by atoms with van der Waals surface area (Å²) in [6, 6.07) is 0. The van der Waals surface area contributed by atoms with Crippen LogP contribution < -0.4 is 0 Å². The predicted molar refractivity (Wildman–Crippen MR) is 81.2 cm³/mol. The van der Waals surface area contributed by atoms with Crippen LogP contribution in [-0.4, -0.2) is 32.7 Å². The number of aliphatic hydroxyl groups is 3. The van der Waals surface area contributed by atoms with Gasteiger partial charge in [-0.25, -0.2) is 0 Å². The van der Waals surface area contributed by atoms with Gasteiger partial charge in [-0.2, -0.15) is 0 Å². The van der Waals surface area contributed by atoms with Crippen LogP contribution >= 0.6 is 0 Å². The first-order valence-electron chi connectivity index (χ1n) is 6.02. The zero-order valence-electron chi connectivity index (χ0n) is 13.6. The summed E-state index contributed by atoms with van der Waals surface area (Å²) in [6.07, 6.45) is 3.50. The third-order valence-corrected chi connectivity index (χ3v) is 1.24. The van der Waals surface area contributed by atoms with E-state index < -0.39 is 0 Å².